The fourth-order valence-corrected chi connectivity index (χ4v) is 2.74. The van der Waals surface area contributed by atoms with E-state index in [2.05, 4.69) is 10.6 Å². The molecule has 1 saturated heterocycles. The van der Waals surface area contributed by atoms with Crippen molar-refractivity contribution in [1.29, 1.82) is 0 Å². The van der Waals surface area contributed by atoms with E-state index in [1.807, 2.05) is 0 Å². The van der Waals surface area contributed by atoms with Gasteiger partial charge in [-0.15, -0.1) is 0 Å². The molecule has 0 bridgehead atoms. The van der Waals surface area contributed by atoms with Crippen LogP contribution in [0.5, 0.6) is 0 Å². The van der Waals surface area contributed by atoms with Gasteiger partial charge in [-0.1, -0.05) is 23.2 Å². The molecular formula is C13H14Cl2N2O3. The number of carboxylic acids is 1. The van der Waals surface area contributed by atoms with Gasteiger partial charge in [-0.05, 0) is 31.5 Å². The molecule has 3 N–H and O–H groups in total. The van der Waals surface area contributed by atoms with Gasteiger partial charge in [-0.3, -0.25) is 4.79 Å². The highest BCUT2D eigenvalue weighted by Gasteiger charge is 2.19. The van der Waals surface area contributed by atoms with Crippen LogP contribution in [0.25, 0.3) is 0 Å². The van der Waals surface area contributed by atoms with E-state index in [4.69, 9.17) is 28.3 Å². The van der Waals surface area contributed by atoms with Crippen molar-refractivity contribution in [3.8, 4) is 0 Å². The molecule has 0 aliphatic carbocycles. The zero-order chi connectivity index (χ0) is 14.7. The zero-order valence-corrected chi connectivity index (χ0v) is 12.1. The van der Waals surface area contributed by atoms with Crippen LogP contribution in [-0.4, -0.2) is 29.6 Å². The molecule has 2 rings (SSSR count). The molecule has 1 aromatic rings. The number of hydrogen-bond donors (Lipinski definition) is 3. The van der Waals surface area contributed by atoms with Gasteiger partial charge in [-0.25, -0.2) is 4.79 Å². The summed E-state index contributed by atoms with van der Waals surface area (Å²) in [6, 6.07) is 2.70. The Morgan fingerprint density at radius 2 is 2.00 bits per heavy atom. The fraction of sp³-hybridized carbons (Fsp3) is 0.385. The molecule has 1 atom stereocenters. The summed E-state index contributed by atoms with van der Waals surface area (Å²) < 4.78 is 0. The molecule has 0 spiro atoms. The predicted molar refractivity (Wildman–Crippen MR) is 77.7 cm³/mol. The average molecular weight is 317 g/mol. The van der Waals surface area contributed by atoms with E-state index in [1.165, 1.54) is 12.1 Å². The van der Waals surface area contributed by atoms with E-state index in [9.17, 15) is 9.59 Å². The lowest BCUT2D eigenvalue weighted by atomic mass is 10.1. The van der Waals surface area contributed by atoms with Gasteiger partial charge in [-0.2, -0.15) is 0 Å². The van der Waals surface area contributed by atoms with E-state index < -0.39 is 5.97 Å². The normalized spacial score (nSPS) is 18.0. The first-order valence-electron chi connectivity index (χ1n) is 6.23. The van der Waals surface area contributed by atoms with Gasteiger partial charge < -0.3 is 15.7 Å². The number of carboxylic acid groups (broad SMARTS) is 1. The van der Waals surface area contributed by atoms with Crippen LogP contribution in [-0.2, 0) is 4.79 Å². The van der Waals surface area contributed by atoms with Gasteiger partial charge >= 0.3 is 5.97 Å². The Bertz CT molecular complexity index is 519. The largest absolute Gasteiger partial charge is 0.478 e. The van der Waals surface area contributed by atoms with Crippen molar-refractivity contribution < 1.29 is 14.7 Å². The Labute approximate surface area is 126 Å². The van der Waals surface area contributed by atoms with Crippen LogP contribution in [0.15, 0.2) is 12.1 Å². The van der Waals surface area contributed by atoms with Gasteiger partial charge in [0.05, 0.1) is 21.3 Å². The Hall–Kier alpha value is -1.30. The Morgan fingerprint density at radius 1 is 1.35 bits per heavy atom. The van der Waals surface area contributed by atoms with E-state index in [0.29, 0.717) is 6.42 Å². The predicted octanol–water partition coefficient (Wildman–Crippen LogP) is 2.77. The lowest BCUT2D eigenvalue weighted by molar-refractivity contribution is -0.116. The molecule has 1 aromatic carbocycles. The smallest absolute Gasteiger partial charge is 0.335 e. The number of nitrogens with one attached hydrogen (secondary N) is 2. The Balaban J connectivity index is 2.08. The molecule has 1 fully saturated rings. The van der Waals surface area contributed by atoms with Gasteiger partial charge in [0.15, 0.2) is 0 Å². The molecule has 1 heterocycles. The lowest BCUT2D eigenvalue weighted by Gasteiger charge is -2.13. The van der Waals surface area contributed by atoms with Gasteiger partial charge in [0.25, 0.3) is 0 Å². The molecule has 1 aliphatic rings. The van der Waals surface area contributed by atoms with Crippen LogP contribution >= 0.6 is 23.2 Å². The molecule has 0 radical (unpaired) electrons. The number of carbonyl (C=O) groups excluding carboxylic acids is 1. The Morgan fingerprint density at radius 3 is 2.50 bits per heavy atom. The maximum atomic E-state index is 11.9. The second-order valence-corrected chi connectivity index (χ2v) is 5.48. The molecule has 20 heavy (non-hydrogen) atoms. The van der Waals surface area contributed by atoms with Crippen LogP contribution in [0.3, 0.4) is 0 Å². The third-order valence-electron chi connectivity index (χ3n) is 3.15. The van der Waals surface area contributed by atoms with Crippen LogP contribution in [0.1, 0.15) is 29.6 Å². The summed E-state index contributed by atoms with van der Waals surface area (Å²) in [6.07, 6.45) is 2.37. The maximum absolute atomic E-state index is 11.9. The summed E-state index contributed by atoms with van der Waals surface area (Å²) >= 11 is 11.9. The lowest BCUT2D eigenvalue weighted by Crippen LogP contribution is -2.27. The first kappa shape index (κ1) is 15.1. The summed E-state index contributed by atoms with van der Waals surface area (Å²) in [7, 11) is 0. The highest BCUT2D eigenvalue weighted by atomic mass is 35.5. The number of halogens is 2. The molecular weight excluding hydrogens is 303 g/mol. The monoisotopic (exact) mass is 316 g/mol. The molecule has 1 aliphatic heterocycles. The van der Waals surface area contributed by atoms with Crippen LogP contribution in [0, 0.1) is 0 Å². The van der Waals surface area contributed by atoms with Crippen molar-refractivity contribution in [2.75, 3.05) is 11.9 Å². The van der Waals surface area contributed by atoms with Crippen LogP contribution < -0.4 is 10.6 Å². The minimum atomic E-state index is -1.12. The van der Waals surface area contributed by atoms with Crippen molar-refractivity contribution in [3.05, 3.63) is 27.7 Å². The molecule has 0 saturated carbocycles. The third kappa shape index (κ3) is 3.62. The number of benzene rings is 1. The second kappa shape index (κ2) is 6.43. The van der Waals surface area contributed by atoms with Crippen molar-refractivity contribution >= 4 is 40.8 Å². The Kier molecular flexibility index (Phi) is 4.86. The van der Waals surface area contributed by atoms with Gasteiger partial charge in [0, 0.05) is 12.5 Å². The van der Waals surface area contributed by atoms with E-state index >= 15 is 0 Å². The molecule has 0 aromatic heterocycles. The average Bonchev–Trinajstić information content (AvgIpc) is 2.86. The summed E-state index contributed by atoms with van der Waals surface area (Å²) in [5.74, 6) is -1.32. The molecule has 1 amide bonds. The first-order chi connectivity index (χ1) is 9.47. The topological polar surface area (TPSA) is 78.4 Å². The summed E-state index contributed by atoms with van der Waals surface area (Å²) in [6.45, 7) is 0.923. The van der Waals surface area contributed by atoms with Crippen molar-refractivity contribution in [1.82, 2.24) is 5.32 Å². The number of hydrogen-bond acceptors (Lipinski definition) is 3. The molecule has 5 nitrogen and oxygen atoms in total. The number of rotatable bonds is 4. The minimum absolute atomic E-state index is 0.0181. The summed E-state index contributed by atoms with van der Waals surface area (Å²) in [5.41, 5.74) is 0.233. The van der Waals surface area contributed by atoms with E-state index in [0.717, 1.165) is 19.4 Å². The number of carbonyl (C=O) groups is 2. The van der Waals surface area contributed by atoms with Gasteiger partial charge in [0.2, 0.25) is 5.91 Å². The first-order valence-corrected chi connectivity index (χ1v) is 6.98. The van der Waals surface area contributed by atoms with Crippen LogP contribution in [0.2, 0.25) is 10.0 Å². The van der Waals surface area contributed by atoms with Crippen molar-refractivity contribution in [2.45, 2.75) is 25.3 Å². The number of anilines is 1. The molecule has 7 heteroatoms. The maximum Gasteiger partial charge on any atom is 0.335 e. The van der Waals surface area contributed by atoms with E-state index in [-0.39, 0.29) is 33.2 Å². The highest BCUT2D eigenvalue weighted by Crippen LogP contribution is 2.32. The number of amides is 1. The highest BCUT2D eigenvalue weighted by molar-refractivity contribution is 6.40. The summed E-state index contributed by atoms with van der Waals surface area (Å²) in [5, 5.41) is 15.0. The molecule has 108 valence electrons. The quantitative estimate of drug-likeness (QED) is 0.798. The SMILES string of the molecule is O=C(CC1CCCN1)Nc1c(Cl)cc(C(=O)O)cc1Cl. The van der Waals surface area contributed by atoms with Crippen molar-refractivity contribution in [3.63, 3.8) is 0 Å². The van der Waals surface area contributed by atoms with Gasteiger partial charge in [0.1, 0.15) is 0 Å². The minimum Gasteiger partial charge on any atom is -0.478 e. The standard InChI is InChI=1S/C13H14Cl2N2O3/c14-9-4-7(13(19)20)5-10(15)12(9)17-11(18)6-8-2-1-3-16-8/h4-5,8,16H,1-3,6H2,(H,17,18)(H,19,20). The molecule has 1 unspecified atom stereocenters. The van der Waals surface area contributed by atoms with Crippen molar-refractivity contribution in [2.24, 2.45) is 0 Å². The summed E-state index contributed by atoms with van der Waals surface area (Å²) in [4.78, 5) is 22.8. The second-order valence-electron chi connectivity index (χ2n) is 4.67. The third-order valence-corrected chi connectivity index (χ3v) is 3.74. The fourth-order valence-electron chi connectivity index (χ4n) is 2.16. The number of aromatic carboxylic acids is 1. The van der Waals surface area contributed by atoms with E-state index in [1.54, 1.807) is 0 Å². The van der Waals surface area contributed by atoms with Crippen LogP contribution in [0.4, 0.5) is 5.69 Å². The zero-order valence-electron chi connectivity index (χ0n) is 10.6.